The summed E-state index contributed by atoms with van der Waals surface area (Å²) < 4.78 is 0. The molecule has 0 aromatic heterocycles. The minimum Gasteiger partial charge on any atom is -0.334 e. The van der Waals surface area contributed by atoms with Crippen molar-refractivity contribution in [2.24, 2.45) is 5.92 Å². The largest absolute Gasteiger partial charge is 0.334 e. The van der Waals surface area contributed by atoms with E-state index in [9.17, 15) is 9.59 Å². The van der Waals surface area contributed by atoms with Crippen LogP contribution in [0.3, 0.4) is 0 Å². The molecule has 0 aliphatic heterocycles. The highest BCUT2D eigenvalue weighted by atomic mass is 16.5. The number of carbonyl (C=O) groups excluding carboxylic acids is 2. The van der Waals surface area contributed by atoms with E-state index in [1.165, 1.54) is 5.56 Å². The van der Waals surface area contributed by atoms with Crippen LogP contribution < -0.4 is 16.1 Å². The molecule has 0 aliphatic rings. The lowest BCUT2D eigenvalue weighted by Gasteiger charge is -2.19. The van der Waals surface area contributed by atoms with Crippen LogP contribution in [0.25, 0.3) is 0 Å². The fourth-order valence-corrected chi connectivity index (χ4v) is 2.09. The van der Waals surface area contributed by atoms with E-state index in [1.807, 2.05) is 45.9 Å². The summed E-state index contributed by atoms with van der Waals surface area (Å²) in [5, 5.41) is 14.0. The first-order chi connectivity index (χ1) is 10.3. The topological polar surface area (TPSA) is 90.5 Å². The highest BCUT2D eigenvalue weighted by Gasteiger charge is 2.21. The van der Waals surface area contributed by atoms with Crippen LogP contribution in [0.2, 0.25) is 0 Å². The molecule has 22 heavy (non-hydrogen) atoms. The van der Waals surface area contributed by atoms with E-state index >= 15 is 0 Å². The van der Waals surface area contributed by atoms with Gasteiger partial charge in [0.25, 0.3) is 5.91 Å². The molecule has 0 fully saturated rings. The average molecular weight is 307 g/mol. The molecule has 6 heteroatoms. The molecule has 1 aromatic rings. The van der Waals surface area contributed by atoms with E-state index in [2.05, 4.69) is 10.6 Å². The van der Waals surface area contributed by atoms with Crippen LogP contribution in [0.15, 0.2) is 18.2 Å². The van der Waals surface area contributed by atoms with Crippen molar-refractivity contribution in [3.8, 4) is 0 Å². The zero-order chi connectivity index (χ0) is 16.7. The number of nitrogens with one attached hydrogen (secondary N) is 3. The molecule has 1 aromatic carbocycles. The quantitative estimate of drug-likeness (QED) is 0.479. The van der Waals surface area contributed by atoms with Gasteiger partial charge in [0.1, 0.15) is 6.04 Å². The summed E-state index contributed by atoms with van der Waals surface area (Å²) in [6, 6.07) is 4.78. The van der Waals surface area contributed by atoms with Crippen LogP contribution in [0.4, 0.5) is 4.79 Å². The maximum Gasteiger partial charge on any atom is 0.315 e. The zero-order valence-corrected chi connectivity index (χ0v) is 13.6. The number of carbonyl (C=O) groups is 2. The van der Waals surface area contributed by atoms with E-state index in [0.29, 0.717) is 13.0 Å². The Morgan fingerprint density at radius 1 is 1.18 bits per heavy atom. The van der Waals surface area contributed by atoms with Gasteiger partial charge in [-0.2, -0.15) is 0 Å². The molecular formula is C16H25N3O3. The Hall–Kier alpha value is -2.08. The summed E-state index contributed by atoms with van der Waals surface area (Å²) in [5.74, 6) is -0.405. The second-order valence-corrected chi connectivity index (χ2v) is 5.90. The number of aryl methyl sites for hydroxylation is 2. The summed E-state index contributed by atoms with van der Waals surface area (Å²) in [4.78, 5) is 23.4. The van der Waals surface area contributed by atoms with Crippen molar-refractivity contribution >= 4 is 11.9 Å². The Balaban J connectivity index is 2.56. The van der Waals surface area contributed by atoms with E-state index in [4.69, 9.17) is 5.21 Å². The monoisotopic (exact) mass is 307 g/mol. The molecule has 4 N–H and O–H groups in total. The third-order valence-electron chi connectivity index (χ3n) is 3.46. The van der Waals surface area contributed by atoms with Crippen LogP contribution in [0, 0.1) is 19.8 Å². The first-order valence-electron chi connectivity index (χ1n) is 7.38. The molecular weight excluding hydrogens is 282 g/mol. The van der Waals surface area contributed by atoms with Gasteiger partial charge in [-0.15, -0.1) is 0 Å². The van der Waals surface area contributed by atoms with Gasteiger partial charge >= 0.3 is 6.03 Å². The van der Waals surface area contributed by atoms with Crippen molar-refractivity contribution in [1.82, 2.24) is 16.1 Å². The van der Waals surface area contributed by atoms with Crippen LogP contribution in [-0.2, 0) is 11.3 Å². The standard InChI is InChI=1S/C16H25N3O3/c1-10(2)7-14(15(20)19-22)18-16(21)17-9-13-6-5-11(3)12(4)8-13/h5-6,8,10,14,22H,7,9H2,1-4H3,(H,19,20)(H2,17,18,21)/t14-/m0/s1. The summed E-state index contributed by atoms with van der Waals surface area (Å²) in [6.07, 6.45) is 0.448. The number of amides is 3. The van der Waals surface area contributed by atoms with Gasteiger partial charge in [0.05, 0.1) is 0 Å². The van der Waals surface area contributed by atoms with Gasteiger partial charge in [0, 0.05) is 6.54 Å². The summed E-state index contributed by atoms with van der Waals surface area (Å²) in [7, 11) is 0. The lowest BCUT2D eigenvalue weighted by atomic mass is 10.0. The van der Waals surface area contributed by atoms with Crippen molar-refractivity contribution < 1.29 is 14.8 Å². The van der Waals surface area contributed by atoms with Crippen molar-refractivity contribution in [3.63, 3.8) is 0 Å². The summed E-state index contributed by atoms with van der Waals surface area (Å²) in [6.45, 7) is 8.30. The predicted octanol–water partition coefficient (Wildman–Crippen LogP) is 2.02. The molecule has 1 rings (SSSR count). The highest BCUT2D eigenvalue weighted by Crippen LogP contribution is 2.09. The molecule has 0 spiro atoms. The third kappa shape index (κ3) is 5.73. The molecule has 0 radical (unpaired) electrons. The highest BCUT2D eigenvalue weighted by molar-refractivity contribution is 5.86. The fraction of sp³-hybridized carbons (Fsp3) is 0.500. The van der Waals surface area contributed by atoms with E-state index in [0.717, 1.165) is 11.1 Å². The molecule has 0 heterocycles. The number of hydrogen-bond acceptors (Lipinski definition) is 3. The molecule has 1 atom stereocenters. The summed E-state index contributed by atoms with van der Waals surface area (Å²) in [5.41, 5.74) is 4.94. The lowest BCUT2D eigenvalue weighted by Crippen LogP contribution is -2.49. The molecule has 122 valence electrons. The van der Waals surface area contributed by atoms with E-state index in [1.54, 1.807) is 5.48 Å². The first kappa shape index (κ1) is 18.0. The van der Waals surface area contributed by atoms with Gasteiger partial charge in [0.15, 0.2) is 0 Å². The molecule has 0 bridgehead atoms. The van der Waals surface area contributed by atoms with Crippen molar-refractivity contribution in [3.05, 3.63) is 34.9 Å². The Morgan fingerprint density at radius 2 is 1.86 bits per heavy atom. The van der Waals surface area contributed by atoms with Crippen molar-refractivity contribution in [2.75, 3.05) is 0 Å². The molecule has 3 amide bonds. The van der Waals surface area contributed by atoms with Crippen LogP contribution in [0.1, 0.15) is 37.0 Å². The first-order valence-corrected chi connectivity index (χ1v) is 7.38. The third-order valence-corrected chi connectivity index (χ3v) is 3.46. The molecule has 6 nitrogen and oxygen atoms in total. The molecule has 0 unspecified atom stereocenters. The maximum atomic E-state index is 11.9. The van der Waals surface area contributed by atoms with Crippen LogP contribution >= 0.6 is 0 Å². The van der Waals surface area contributed by atoms with E-state index < -0.39 is 18.0 Å². The Labute approximate surface area is 131 Å². The lowest BCUT2D eigenvalue weighted by molar-refractivity contribution is -0.131. The predicted molar refractivity (Wildman–Crippen MR) is 84.5 cm³/mol. The fourth-order valence-electron chi connectivity index (χ4n) is 2.09. The second kappa shape index (κ2) is 8.38. The minimum absolute atomic E-state index is 0.211. The van der Waals surface area contributed by atoms with Gasteiger partial charge in [-0.05, 0) is 42.9 Å². The Bertz CT molecular complexity index is 529. The minimum atomic E-state index is -0.759. The van der Waals surface area contributed by atoms with Gasteiger partial charge < -0.3 is 10.6 Å². The second-order valence-electron chi connectivity index (χ2n) is 5.90. The Kier molecular flexibility index (Phi) is 6.85. The average Bonchev–Trinajstić information content (AvgIpc) is 2.46. The van der Waals surface area contributed by atoms with Crippen LogP contribution in [-0.4, -0.2) is 23.2 Å². The molecule has 0 aliphatic carbocycles. The normalized spacial score (nSPS) is 11.9. The number of rotatable bonds is 6. The molecule has 0 saturated carbocycles. The number of hydrogen-bond donors (Lipinski definition) is 4. The maximum absolute atomic E-state index is 11.9. The Morgan fingerprint density at radius 3 is 2.41 bits per heavy atom. The van der Waals surface area contributed by atoms with Crippen molar-refractivity contribution in [2.45, 2.75) is 46.7 Å². The van der Waals surface area contributed by atoms with Gasteiger partial charge in [-0.3, -0.25) is 10.0 Å². The smallest absolute Gasteiger partial charge is 0.315 e. The number of benzene rings is 1. The van der Waals surface area contributed by atoms with Gasteiger partial charge in [-0.25, -0.2) is 10.3 Å². The number of hydroxylamine groups is 1. The number of urea groups is 1. The van der Waals surface area contributed by atoms with Gasteiger partial charge in [-0.1, -0.05) is 32.0 Å². The summed E-state index contributed by atoms with van der Waals surface area (Å²) >= 11 is 0. The molecule has 0 saturated heterocycles. The van der Waals surface area contributed by atoms with E-state index in [-0.39, 0.29) is 5.92 Å². The van der Waals surface area contributed by atoms with Crippen molar-refractivity contribution in [1.29, 1.82) is 0 Å². The zero-order valence-electron chi connectivity index (χ0n) is 13.6. The van der Waals surface area contributed by atoms with Crippen LogP contribution in [0.5, 0.6) is 0 Å². The SMILES string of the molecule is Cc1ccc(CNC(=O)N[C@@H](CC(C)C)C(=O)NO)cc1C. The van der Waals surface area contributed by atoms with Gasteiger partial charge in [0.2, 0.25) is 0 Å².